The number of amides is 1. The lowest BCUT2D eigenvalue weighted by atomic mass is 10.2. The number of ether oxygens (including phenoxy) is 1. The monoisotopic (exact) mass is 298 g/mol. The summed E-state index contributed by atoms with van der Waals surface area (Å²) in [4.78, 5) is 12.0. The Kier molecular flexibility index (Phi) is 8.07. The second-order valence-corrected chi connectivity index (χ2v) is 4.89. The molecular weight excluding hydrogens is 276 g/mol. The van der Waals surface area contributed by atoms with E-state index in [1.54, 1.807) is 12.1 Å². The Balaban J connectivity index is 2.41. The van der Waals surface area contributed by atoms with Gasteiger partial charge in [-0.1, -0.05) is 37.6 Å². The molecule has 0 aliphatic carbocycles. The molecule has 112 valence electrons. The topological polar surface area (TPSA) is 50.4 Å². The van der Waals surface area contributed by atoms with E-state index in [2.05, 4.69) is 17.6 Å². The lowest BCUT2D eigenvalue weighted by Gasteiger charge is -2.18. The van der Waals surface area contributed by atoms with Gasteiger partial charge in [-0.15, -0.1) is 0 Å². The highest BCUT2D eigenvalue weighted by molar-refractivity contribution is 6.32. The van der Waals surface area contributed by atoms with Crippen molar-refractivity contribution >= 4 is 17.5 Å². The molecule has 2 N–H and O–H groups in total. The summed E-state index contributed by atoms with van der Waals surface area (Å²) in [6, 6.07) is 7.17. The fraction of sp³-hybridized carbons (Fsp3) is 0.533. The molecule has 5 heteroatoms. The second kappa shape index (κ2) is 9.61. The van der Waals surface area contributed by atoms with Gasteiger partial charge in [0.1, 0.15) is 5.75 Å². The van der Waals surface area contributed by atoms with Crippen LogP contribution in [0, 0.1) is 0 Å². The number of carbonyl (C=O) groups is 1. The molecule has 0 aliphatic heterocycles. The van der Waals surface area contributed by atoms with E-state index in [1.807, 2.05) is 19.1 Å². The number of para-hydroxylation sites is 1. The van der Waals surface area contributed by atoms with E-state index in [1.165, 1.54) is 0 Å². The summed E-state index contributed by atoms with van der Waals surface area (Å²) in [6.07, 6.45) is 1.17. The molecule has 1 unspecified atom stereocenters. The van der Waals surface area contributed by atoms with Crippen LogP contribution in [0.1, 0.15) is 26.7 Å². The maximum atomic E-state index is 12.0. The number of rotatable bonds is 9. The number of hydrogen-bond acceptors (Lipinski definition) is 3. The van der Waals surface area contributed by atoms with Gasteiger partial charge < -0.3 is 15.4 Å². The van der Waals surface area contributed by atoms with Crippen LogP contribution in [0.4, 0.5) is 0 Å². The zero-order valence-electron chi connectivity index (χ0n) is 12.1. The number of nitrogens with one attached hydrogen (secondary N) is 2. The van der Waals surface area contributed by atoms with Gasteiger partial charge in [0.25, 0.3) is 5.91 Å². The minimum Gasteiger partial charge on any atom is -0.479 e. The van der Waals surface area contributed by atoms with Gasteiger partial charge in [-0.25, -0.2) is 0 Å². The highest BCUT2D eigenvalue weighted by atomic mass is 35.5. The highest BCUT2D eigenvalue weighted by Crippen LogP contribution is 2.24. The third kappa shape index (κ3) is 5.80. The molecule has 1 rings (SSSR count). The van der Waals surface area contributed by atoms with Crippen LogP contribution in [0.3, 0.4) is 0 Å². The van der Waals surface area contributed by atoms with Crippen molar-refractivity contribution in [3.05, 3.63) is 29.3 Å². The lowest BCUT2D eigenvalue weighted by Crippen LogP contribution is -2.41. The van der Waals surface area contributed by atoms with Crippen LogP contribution >= 0.6 is 11.6 Å². The molecule has 1 amide bonds. The van der Waals surface area contributed by atoms with E-state index >= 15 is 0 Å². The summed E-state index contributed by atoms with van der Waals surface area (Å²) in [5.74, 6) is 0.436. The van der Waals surface area contributed by atoms with Crippen molar-refractivity contribution < 1.29 is 9.53 Å². The van der Waals surface area contributed by atoms with Gasteiger partial charge in [0, 0.05) is 13.1 Å². The first kappa shape index (κ1) is 16.8. The Morgan fingerprint density at radius 2 is 2.00 bits per heavy atom. The number of hydrogen-bond donors (Lipinski definition) is 2. The predicted molar refractivity (Wildman–Crippen MR) is 82.3 cm³/mol. The maximum Gasteiger partial charge on any atom is 0.261 e. The standard InChI is InChI=1S/C15H23ClN2O2/c1-3-9-17-10-11-18-15(19)13(4-2)20-14-8-6-5-7-12(14)16/h5-8,13,17H,3-4,9-11H2,1-2H3,(H,18,19). The molecule has 0 radical (unpaired) electrons. The quantitative estimate of drug-likeness (QED) is 0.689. The molecule has 4 nitrogen and oxygen atoms in total. The van der Waals surface area contributed by atoms with Crippen molar-refractivity contribution in [3.8, 4) is 5.75 Å². The summed E-state index contributed by atoms with van der Waals surface area (Å²) in [6.45, 7) is 6.35. The fourth-order valence-electron chi connectivity index (χ4n) is 1.71. The van der Waals surface area contributed by atoms with Gasteiger partial charge in [0.05, 0.1) is 5.02 Å². The van der Waals surface area contributed by atoms with Gasteiger partial charge in [-0.05, 0) is 31.5 Å². The zero-order valence-corrected chi connectivity index (χ0v) is 12.9. The van der Waals surface area contributed by atoms with Gasteiger partial charge in [-0.2, -0.15) is 0 Å². The molecule has 20 heavy (non-hydrogen) atoms. The number of halogens is 1. The first-order valence-electron chi connectivity index (χ1n) is 7.08. The fourth-order valence-corrected chi connectivity index (χ4v) is 1.89. The van der Waals surface area contributed by atoms with Gasteiger partial charge in [0.15, 0.2) is 6.10 Å². The molecule has 0 aromatic heterocycles. The summed E-state index contributed by atoms with van der Waals surface area (Å²) in [5.41, 5.74) is 0. The third-order valence-corrected chi connectivity index (χ3v) is 3.11. The SMILES string of the molecule is CCCNCCNC(=O)C(CC)Oc1ccccc1Cl. The molecule has 1 aromatic rings. The lowest BCUT2D eigenvalue weighted by molar-refractivity contribution is -0.128. The van der Waals surface area contributed by atoms with Gasteiger partial charge in [0.2, 0.25) is 0 Å². The number of carbonyl (C=O) groups excluding carboxylic acids is 1. The van der Waals surface area contributed by atoms with Crippen molar-refractivity contribution in [1.82, 2.24) is 10.6 Å². The average molecular weight is 299 g/mol. The molecule has 0 saturated heterocycles. The molecule has 1 atom stereocenters. The van der Waals surface area contributed by atoms with Gasteiger partial charge >= 0.3 is 0 Å². The van der Waals surface area contributed by atoms with Crippen molar-refractivity contribution in [3.63, 3.8) is 0 Å². The zero-order chi connectivity index (χ0) is 14.8. The number of benzene rings is 1. The van der Waals surface area contributed by atoms with Crippen LogP contribution < -0.4 is 15.4 Å². The molecule has 0 bridgehead atoms. The molecule has 0 aliphatic rings. The second-order valence-electron chi connectivity index (χ2n) is 4.49. The predicted octanol–water partition coefficient (Wildman–Crippen LogP) is 2.61. The summed E-state index contributed by atoms with van der Waals surface area (Å²) >= 11 is 6.02. The van der Waals surface area contributed by atoms with Crippen molar-refractivity contribution in [2.45, 2.75) is 32.8 Å². The Hall–Kier alpha value is -1.26. The van der Waals surface area contributed by atoms with E-state index in [-0.39, 0.29) is 5.91 Å². The van der Waals surface area contributed by atoms with Crippen LogP contribution in [-0.4, -0.2) is 31.6 Å². The molecule has 0 heterocycles. The van der Waals surface area contributed by atoms with Crippen molar-refractivity contribution in [2.75, 3.05) is 19.6 Å². The molecular formula is C15H23ClN2O2. The first-order chi connectivity index (χ1) is 9.69. The summed E-state index contributed by atoms with van der Waals surface area (Å²) < 4.78 is 5.67. The van der Waals surface area contributed by atoms with Crippen LogP contribution in [0.15, 0.2) is 24.3 Å². The van der Waals surface area contributed by atoms with Gasteiger partial charge in [-0.3, -0.25) is 4.79 Å². The maximum absolute atomic E-state index is 12.0. The molecule has 0 spiro atoms. The third-order valence-electron chi connectivity index (χ3n) is 2.80. The minimum absolute atomic E-state index is 0.106. The molecule has 0 saturated carbocycles. The highest BCUT2D eigenvalue weighted by Gasteiger charge is 2.18. The van der Waals surface area contributed by atoms with Crippen LogP contribution in [0.5, 0.6) is 5.75 Å². The van der Waals surface area contributed by atoms with Crippen molar-refractivity contribution in [2.24, 2.45) is 0 Å². The smallest absolute Gasteiger partial charge is 0.261 e. The summed E-state index contributed by atoms with van der Waals surface area (Å²) in [5, 5.41) is 6.61. The van der Waals surface area contributed by atoms with Crippen LogP contribution in [0.2, 0.25) is 5.02 Å². The normalized spacial score (nSPS) is 11.9. The molecule has 1 aromatic carbocycles. The van der Waals surface area contributed by atoms with E-state index < -0.39 is 6.10 Å². The minimum atomic E-state index is -0.513. The Morgan fingerprint density at radius 3 is 2.65 bits per heavy atom. The Morgan fingerprint density at radius 1 is 1.25 bits per heavy atom. The largest absolute Gasteiger partial charge is 0.479 e. The van der Waals surface area contributed by atoms with Crippen LogP contribution in [-0.2, 0) is 4.79 Å². The molecule has 0 fully saturated rings. The first-order valence-corrected chi connectivity index (χ1v) is 7.46. The van der Waals surface area contributed by atoms with E-state index in [0.717, 1.165) is 19.5 Å². The Labute approximate surface area is 125 Å². The average Bonchev–Trinajstić information content (AvgIpc) is 2.46. The van der Waals surface area contributed by atoms with E-state index in [9.17, 15) is 4.79 Å². The Bertz CT molecular complexity index is 413. The van der Waals surface area contributed by atoms with Crippen LogP contribution in [0.25, 0.3) is 0 Å². The van der Waals surface area contributed by atoms with E-state index in [4.69, 9.17) is 16.3 Å². The van der Waals surface area contributed by atoms with E-state index in [0.29, 0.717) is 23.7 Å². The van der Waals surface area contributed by atoms with Crippen molar-refractivity contribution in [1.29, 1.82) is 0 Å². The summed E-state index contributed by atoms with van der Waals surface area (Å²) in [7, 11) is 0.